The highest BCUT2D eigenvalue weighted by atomic mass is 19.1. The number of aromatic nitrogens is 2. The van der Waals surface area contributed by atoms with Gasteiger partial charge in [-0.05, 0) is 69.2 Å². The molecular formula is C21H25FN4O. The lowest BCUT2D eigenvalue weighted by Gasteiger charge is -2.20. The second-order valence-electron chi connectivity index (χ2n) is 8.04. The number of hydrogen-bond donors (Lipinski definition) is 1. The van der Waals surface area contributed by atoms with Gasteiger partial charge >= 0.3 is 0 Å². The number of carbonyl (C=O) groups is 1. The van der Waals surface area contributed by atoms with Gasteiger partial charge in [0.15, 0.2) is 5.69 Å². The van der Waals surface area contributed by atoms with Gasteiger partial charge in [-0.1, -0.05) is 12.1 Å². The molecule has 0 bridgehead atoms. The van der Waals surface area contributed by atoms with Crippen LogP contribution in [0.25, 0.3) is 5.69 Å². The van der Waals surface area contributed by atoms with E-state index in [1.54, 1.807) is 16.8 Å². The number of fused-ring (bicyclic) bond motifs is 2. The van der Waals surface area contributed by atoms with Crippen LogP contribution < -0.4 is 5.32 Å². The number of nitrogens with one attached hydrogen (secondary N) is 1. The Labute approximate surface area is 158 Å². The van der Waals surface area contributed by atoms with Crippen LogP contribution in [0.2, 0.25) is 0 Å². The van der Waals surface area contributed by atoms with E-state index in [-0.39, 0.29) is 11.7 Å². The number of rotatable bonds is 2. The molecule has 0 saturated carbocycles. The van der Waals surface area contributed by atoms with Gasteiger partial charge in [0.05, 0.1) is 0 Å². The molecule has 1 aromatic carbocycles. The van der Waals surface area contributed by atoms with E-state index >= 15 is 0 Å². The predicted molar refractivity (Wildman–Crippen MR) is 101 cm³/mol. The van der Waals surface area contributed by atoms with Crippen LogP contribution in [0.5, 0.6) is 0 Å². The highest BCUT2D eigenvalue weighted by Gasteiger charge is 2.34. The summed E-state index contributed by atoms with van der Waals surface area (Å²) in [5.74, 6) is 1.09. The third kappa shape index (κ3) is 2.87. The molecular weight excluding hydrogens is 343 g/mol. The van der Waals surface area contributed by atoms with Gasteiger partial charge in [-0.25, -0.2) is 9.07 Å². The minimum absolute atomic E-state index is 0.0242. The van der Waals surface area contributed by atoms with Crippen LogP contribution >= 0.6 is 0 Å². The maximum Gasteiger partial charge on any atom is 0.274 e. The summed E-state index contributed by atoms with van der Waals surface area (Å²) in [6.07, 6.45) is 4.81. The molecule has 2 aromatic rings. The zero-order chi connectivity index (χ0) is 18.4. The number of nitrogens with zero attached hydrogens (tertiary/aromatic N) is 3. The van der Waals surface area contributed by atoms with Gasteiger partial charge in [0.1, 0.15) is 11.5 Å². The molecule has 3 heterocycles. The molecule has 1 amide bonds. The third-order valence-electron chi connectivity index (χ3n) is 6.52. The lowest BCUT2D eigenvalue weighted by atomic mass is 9.92. The Hall–Kier alpha value is -2.21. The van der Waals surface area contributed by atoms with E-state index in [4.69, 9.17) is 0 Å². The van der Waals surface area contributed by atoms with Crippen molar-refractivity contribution in [1.82, 2.24) is 20.0 Å². The SMILES string of the molecule is O=C(c1nn(-c2ccccc2F)c2c1CCC2)N1CC[C@@H]2CNC[C@@H]2CC1. The Morgan fingerprint density at radius 3 is 2.59 bits per heavy atom. The van der Waals surface area contributed by atoms with E-state index in [0.29, 0.717) is 23.2 Å². The molecule has 2 fully saturated rings. The van der Waals surface area contributed by atoms with Crippen molar-refractivity contribution in [2.75, 3.05) is 26.2 Å². The average Bonchev–Trinajstić information content (AvgIpc) is 3.36. The van der Waals surface area contributed by atoms with Crippen molar-refractivity contribution < 1.29 is 9.18 Å². The van der Waals surface area contributed by atoms with Crippen LogP contribution in [-0.2, 0) is 12.8 Å². The number of carbonyl (C=O) groups excluding carboxylic acids is 1. The fraction of sp³-hybridized carbons (Fsp3) is 0.524. The highest BCUT2D eigenvalue weighted by Crippen LogP contribution is 2.31. The zero-order valence-electron chi connectivity index (χ0n) is 15.5. The summed E-state index contributed by atoms with van der Waals surface area (Å²) in [5, 5.41) is 8.09. The Balaban J connectivity index is 1.46. The molecule has 5 nitrogen and oxygen atoms in total. The summed E-state index contributed by atoms with van der Waals surface area (Å²) < 4.78 is 16.0. The molecule has 2 saturated heterocycles. The molecule has 27 heavy (non-hydrogen) atoms. The number of amides is 1. The largest absolute Gasteiger partial charge is 0.337 e. The van der Waals surface area contributed by atoms with Crippen LogP contribution in [0.4, 0.5) is 4.39 Å². The van der Waals surface area contributed by atoms with Gasteiger partial charge in [0.25, 0.3) is 5.91 Å². The minimum Gasteiger partial charge on any atom is -0.337 e. The Kier molecular flexibility index (Phi) is 4.23. The first-order chi connectivity index (χ1) is 13.2. The number of halogens is 1. The second kappa shape index (κ2) is 6.75. The molecule has 1 aliphatic carbocycles. The number of para-hydroxylation sites is 1. The predicted octanol–water partition coefficient (Wildman–Crippen LogP) is 2.57. The minimum atomic E-state index is -0.302. The summed E-state index contributed by atoms with van der Waals surface area (Å²) in [7, 11) is 0. The van der Waals surface area contributed by atoms with Crippen molar-refractivity contribution in [3.05, 3.63) is 47.0 Å². The van der Waals surface area contributed by atoms with E-state index in [1.807, 2.05) is 11.0 Å². The first-order valence-corrected chi connectivity index (χ1v) is 10.1. The smallest absolute Gasteiger partial charge is 0.274 e. The van der Waals surface area contributed by atoms with Crippen LogP contribution in [0, 0.1) is 17.7 Å². The molecule has 142 valence electrons. The maximum absolute atomic E-state index is 14.3. The molecule has 2 aliphatic heterocycles. The molecule has 1 aromatic heterocycles. The fourth-order valence-corrected chi connectivity index (χ4v) is 5.00. The second-order valence-corrected chi connectivity index (χ2v) is 8.04. The van der Waals surface area contributed by atoms with E-state index in [1.165, 1.54) is 6.07 Å². The van der Waals surface area contributed by atoms with E-state index in [2.05, 4.69) is 10.4 Å². The Bertz CT molecular complexity index is 863. The van der Waals surface area contributed by atoms with E-state index in [0.717, 1.165) is 69.5 Å². The average molecular weight is 368 g/mol. The quantitative estimate of drug-likeness (QED) is 0.886. The van der Waals surface area contributed by atoms with Crippen LogP contribution in [0.15, 0.2) is 24.3 Å². The first-order valence-electron chi connectivity index (χ1n) is 10.1. The highest BCUT2D eigenvalue weighted by molar-refractivity contribution is 5.94. The fourth-order valence-electron chi connectivity index (χ4n) is 5.00. The first kappa shape index (κ1) is 16.9. The monoisotopic (exact) mass is 368 g/mol. The summed E-state index contributed by atoms with van der Waals surface area (Å²) in [6, 6.07) is 6.67. The van der Waals surface area contributed by atoms with Crippen molar-refractivity contribution in [2.24, 2.45) is 11.8 Å². The van der Waals surface area contributed by atoms with Crippen LogP contribution in [0.3, 0.4) is 0 Å². The van der Waals surface area contributed by atoms with E-state index in [9.17, 15) is 9.18 Å². The Morgan fingerprint density at radius 1 is 1.11 bits per heavy atom. The molecule has 0 radical (unpaired) electrons. The van der Waals surface area contributed by atoms with Crippen molar-refractivity contribution in [3.8, 4) is 5.69 Å². The third-order valence-corrected chi connectivity index (χ3v) is 6.52. The van der Waals surface area contributed by atoms with Gasteiger partial charge in [-0.2, -0.15) is 5.10 Å². The van der Waals surface area contributed by atoms with Gasteiger partial charge < -0.3 is 10.2 Å². The van der Waals surface area contributed by atoms with Gasteiger partial charge in [-0.3, -0.25) is 4.79 Å². The zero-order valence-corrected chi connectivity index (χ0v) is 15.5. The molecule has 3 aliphatic rings. The van der Waals surface area contributed by atoms with Crippen molar-refractivity contribution in [1.29, 1.82) is 0 Å². The summed E-state index contributed by atoms with van der Waals surface area (Å²) in [6.45, 7) is 3.74. The van der Waals surface area contributed by atoms with Crippen LogP contribution in [-0.4, -0.2) is 46.8 Å². The van der Waals surface area contributed by atoms with Crippen molar-refractivity contribution in [3.63, 3.8) is 0 Å². The number of likely N-dealkylation sites (tertiary alicyclic amines) is 1. The topological polar surface area (TPSA) is 50.2 Å². The molecule has 6 heteroatoms. The summed E-state index contributed by atoms with van der Waals surface area (Å²) in [4.78, 5) is 15.3. The maximum atomic E-state index is 14.3. The number of hydrogen-bond acceptors (Lipinski definition) is 3. The molecule has 0 unspecified atom stereocenters. The summed E-state index contributed by atoms with van der Waals surface area (Å²) in [5.41, 5.74) is 3.00. The van der Waals surface area contributed by atoms with Gasteiger partial charge in [0, 0.05) is 24.3 Å². The molecule has 0 spiro atoms. The lowest BCUT2D eigenvalue weighted by molar-refractivity contribution is 0.0751. The van der Waals surface area contributed by atoms with Crippen LogP contribution in [0.1, 0.15) is 41.0 Å². The van der Waals surface area contributed by atoms with Gasteiger partial charge in [0.2, 0.25) is 0 Å². The molecule has 1 N–H and O–H groups in total. The standard InChI is InChI=1S/C21H25FN4O/c22-17-5-1-2-6-19(17)26-18-7-3-4-16(18)20(24-26)21(27)25-10-8-14-12-23-13-15(14)9-11-25/h1-2,5-6,14-15,23H,3-4,7-13H2/t14-,15+. The molecule has 2 atom stereocenters. The molecule has 5 rings (SSSR count). The number of benzene rings is 1. The normalized spacial score (nSPS) is 24.6. The summed E-state index contributed by atoms with van der Waals surface area (Å²) >= 11 is 0. The van der Waals surface area contributed by atoms with Crippen molar-refractivity contribution >= 4 is 5.91 Å². The van der Waals surface area contributed by atoms with Gasteiger partial charge in [-0.15, -0.1) is 0 Å². The lowest BCUT2D eigenvalue weighted by Crippen LogP contribution is -2.33. The van der Waals surface area contributed by atoms with Crippen molar-refractivity contribution in [2.45, 2.75) is 32.1 Å². The van der Waals surface area contributed by atoms with E-state index < -0.39 is 0 Å². The Morgan fingerprint density at radius 2 is 1.85 bits per heavy atom.